The summed E-state index contributed by atoms with van der Waals surface area (Å²) >= 11 is 0. The Labute approximate surface area is 146 Å². The molecule has 3 aromatic rings. The number of ether oxygens (including phenoxy) is 1. The van der Waals surface area contributed by atoms with Gasteiger partial charge < -0.3 is 9.15 Å². The fourth-order valence-electron chi connectivity index (χ4n) is 2.53. The maximum Gasteiger partial charge on any atom is 0.189 e. The molecule has 0 bridgehead atoms. The second-order valence-corrected chi connectivity index (χ2v) is 6.02. The van der Waals surface area contributed by atoms with Crippen molar-refractivity contribution in [1.29, 1.82) is 0 Å². The largest absolute Gasteiger partial charge is 0.486 e. The predicted octanol–water partition coefficient (Wildman–Crippen LogP) is 4.11. The van der Waals surface area contributed by atoms with E-state index in [-0.39, 0.29) is 5.78 Å². The van der Waals surface area contributed by atoms with Crippen LogP contribution in [0.1, 0.15) is 33.0 Å². The Bertz CT molecular complexity index is 898. The highest BCUT2D eigenvalue weighted by molar-refractivity contribution is 6.06. The molecule has 25 heavy (non-hydrogen) atoms. The van der Waals surface area contributed by atoms with E-state index in [1.165, 1.54) is 12.3 Å². The van der Waals surface area contributed by atoms with E-state index >= 15 is 0 Å². The molecule has 0 N–H and O–H groups in total. The summed E-state index contributed by atoms with van der Waals surface area (Å²) in [5.41, 5.74) is 2.86. The molecule has 2 heterocycles. The summed E-state index contributed by atoms with van der Waals surface area (Å²) in [6.45, 7) is 4.41. The highest BCUT2D eigenvalue weighted by atomic mass is 16.5. The van der Waals surface area contributed by atoms with Gasteiger partial charge in [-0.15, -0.1) is 0 Å². The number of rotatable bonds is 6. The summed E-state index contributed by atoms with van der Waals surface area (Å²) in [5, 5.41) is 3.98. The van der Waals surface area contributed by atoms with Crippen molar-refractivity contribution >= 4 is 11.9 Å². The fourth-order valence-corrected chi connectivity index (χ4v) is 2.53. The van der Waals surface area contributed by atoms with Crippen LogP contribution in [-0.2, 0) is 13.7 Å². The molecule has 0 saturated carbocycles. The maximum atomic E-state index is 12.0. The smallest absolute Gasteiger partial charge is 0.189 e. The van der Waals surface area contributed by atoms with Gasteiger partial charge in [0.1, 0.15) is 23.9 Å². The number of aryl methyl sites for hydroxylation is 3. The minimum absolute atomic E-state index is 0.113. The number of aromatic nitrogens is 2. The Morgan fingerprint density at radius 1 is 1.24 bits per heavy atom. The van der Waals surface area contributed by atoms with Crippen molar-refractivity contribution in [2.75, 3.05) is 0 Å². The van der Waals surface area contributed by atoms with Gasteiger partial charge in [-0.3, -0.25) is 9.48 Å². The van der Waals surface area contributed by atoms with Crippen molar-refractivity contribution in [2.24, 2.45) is 7.05 Å². The summed E-state index contributed by atoms with van der Waals surface area (Å²) in [7, 11) is 1.77. The first-order valence-electron chi connectivity index (χ1n) is 8.00. The van der Waals surface area contributed by atoms with Crippen molar-refractivity contribution in [3.63, 3.8) is 0 Å². The number of furan rings is 1. The van der Waals surface area contributed by atoms with Gasteiger partial charge in [0.15, 0.2) is 5.78 Å². The van der Waals surface area contributed by atoms with E-state index in [0.717, 1.165) is 16.9 Å². The van der Waals surface area contributed by atoms with E-state index in [1.807, 2.05) is 38.1 Å². The van der Waals surface area contributed by atoms with Crippen LogP contribution >= 0.6 is 0 Å². The van der Waals surface area contributed by atoms with E-state index in [4.69, 9.17) is 9.15 Å². The summed E-state index contributed by atoms with van der Waals surface area (Å²) in [6.07, 6.45) is 6.34. The zero-order chi connectivity index (χ0) is 17.8. The molecule has 5 nitrogen and oxygen atoms in total. The summed E-state index contributed by atoms with van der Waals surface area (Å²) < 4.78 is 13.0. The number of nitrogens with zero attached hydrogens (tertiary/aromatic N) is 2. The lowest BCUT2D eigenvalue weighted by atomic mass is 10.1. The van der Waals surface area contributed by atoms with Gasteiger partial charge in [0.25, 0.3) is 0 Å². The van der Waals surface area contributed by atoms with Gasteiger partial charge in [0.05, 0.1) is 11.8 Å². The second-order valence-electron chi connectivity index (χ2n) is 6.02. The van der Waals surface area contributed by atoms with Gasteiger partial charge in [-0.2, -0.15) is 5.10 Å². The lowest BCUT2D eigenvalue weighted by molar-refractivity contribution is 0.104. The molecule has 5 heteroatoms. The van der Waals surface area contributed by atoms with E-state index in [0.29, 0.717) is 23.7 Å². The van der Waals surface area contributed by atoms with Crippen molar-refractivity contribution in [3.8, 4) is 5.75 Å². The molecule has 0 aliphatic rings. The van der Waals surface area contributed by atoms with Gasteiger partial charge in [0.2, 0.25) is 0 Å². The van der Waals surface area contributed by atoms with Crippen LogP contribution in [0.2, 0.25) is 0 Å². The Morgan fingerprint density at radius 3 is 2.68 bits per heavy atom. The Hall–Kier alpha value is -3.08. The lowest BCUT2D eigenvalue weighted by Gasteiger charge is -2.06. The number of hydrogen-bond donors (Lipinski definition) is 0. The predicted molar refractivity (Wildman–Crippen MR) is 95.5 cm³/mol. The normalized spacial score (nSPS) is 11.2. The average Bonchev–Trinajstić information content (AvgIpc) is 3.19. The molecular formula is C20H20N2O3. The highest BCUT2D eigenvalue weighted by Crippen LogP contribution is 2.19. The van der Waals surface area contributed by atoms with Crippen molar-refractivity contribution < 1.29 is 13.9 Å². The third-order valence-electron chi connectivity index (χ3n) is 3.65. The van der Waals surface area contributed by atoms with Gasteiger partial charge in [0, 0.05) is 13.2 Å². The molecule has 0 unspecified atom stereocenters. The van der Waals surface area contributed by atoms with Crippen LogP contribution in [0.4, 0.5) is 0 Å². The van der Waals surface area contributed by atoms with Gasteiger partial charge in [-0.25, -0.2) is 0 Å². The van der Waals surface area contributed by atoms with Crippen molar-refractivity contribution in [3.05, 3.63) is 77.0 Å². The summed E-state index contributed by atoms with van der Waals surface area (Å²) in [6, 6.07) is 9.73. The number of carbonyl (C=O) groups is 1. The maximum absolute atomic E-state index is 12.0. The number of carbonyl (C=O) groups excluding carboxylic acids is 1. The molecule has 0 fully saturated rings. The minimum Gasteiger partial charge on any atom is -0.486 e. The van der Waals surface area contributed by atoms with E-state index in [2.05, 4.69) is 11.2 Å². The number of allylic oxidation sites excluding steroid dienone is 1. The Morgan fingerprint density at radius 2 is 2.00 bits per heavy atom. The van der Waals surface area contributed by atoms with Gasteiger partial charge in [-0.1, -0.05) is 6.07 Å². The molecule has 0 aliphatic heterocycles. The summed E-state index contributed by atoms with van der Waals surface area (Å²) in [4.78, 5) is 12.0. The van der Waals surface area contributed by atoms with Crippen LogP contribution in [0.25, 0.3) is 6.08 Å². The fraction of sp³-hybridized carbons (Fsp3) is 0.200. The van der Waals surface area contributed by atoms with Crippen LogP contribution < -0.4 is 4.74 Å². The van der Waals surface area contributed by atoms with Crippen LogP contribution in [0.15, 0.2) is 53.2 Å². The Kier molecular flexibility index (Phi) is 4.84. The van der Waals surface area contributed by atoms with Gasteiger partial charge in [-0.05, 0) is 61.4 Å². The molecule has 2 aromatic heterocycles. The molecule has 1 aromatic carbocycles. The van der Waals surface area contributed by atoms with Crippen LogP contribution in [0, 0.1) is 13.8 Å². The van der Waals surface area contributed by atoms with Crippen LogP contribution in [0.5, 0.6) is 5.75 Å². The molecule has 0 radical (unpaired) electrons. The van der Waals surface area contributed by atoms with Crippen molar-refractivity contribution in [1.82, 2.24) is 9.78 Å². The van der Waals surface area contributed by atoms with Crippen LogP contribution in [-0.4, -0.2) is 15.6 Å². The average molecular weight is 336 g/mol. The minimum atomic E-state index is -0.113. The SMILES string of the molecule is Cc1cc(C)cc(OCc2ccc(/C=C/C(=O)c3cnn(C)c3)o2)c1. The topological polar surface area (TPSA) is 57.3 Å². The number of ketones is 1. The first-order chi connectivity index (χ1) is 12.0. The molecule has 0 spiro atoms. The monoisotopic (exact) mass is 336 g/mol. The number of hydrogen-bond acceptors (Lipinski definition) is 4. The molecule has 0 aliphatic carbocycles. The van der Waals surface area contributed by atoms with E-state index in [9.17, 15) is 4.79 Å². The molecule has 0 amide bonds. The molecule has 3 rings (SSSR count). The first-order valence-corrected chi connectivity index (χ1v) is 8.00. The first kappa shape index (κ1) is 16.8. The molecular weight excluding hydrogens is 316 g/mol. The van der Waals surface area contributed by atoms with E-state index in [1.54, 1.807) is 24.0 Å². The third-order valence-corrected chi connectivity index (χ3v) is 3.65. The third kappa shape index (κ3) is 4.47. The standard InChI is InChI=1S/C20H20N2O3/c1-14-8-15(2)10-19(9-14)24-13-18-5-4-17(25-18)6-7-20(23)16-11-21-22(3)12-16/h4-12H,13H2,1-3H3/b7-6+. The highest BCUT2D eigenvalue weighted by Gasteiger charge is 2.06. The summed E-state index contributed by atoms with van der Waals surface area (Å²) in [5.74, 6) is 2.01. The quantitative estimate of drug-likeness (QED) is 0.502. The van der Waals surface area contributed by atoms with Gasteiger partial charge >= 0.3 is 0 Å². The lowest BCUT2D eigenvalue weighted by Crippen LogP contribution is -1.94. The Balaban J connectivity index is 1.60. The molecule has 0 atom stereocenters. The second kappa shape index (κ2) is 7.21. The molecule has 0 saturated heterocycles. The zero-order valence-electron chi connectivity index (χ0n) is 14.5. The van der Waals surface area contributed by atoms with Crippen molar-refractivity contribution in [2.45, 2.75) is 20.5 Å². The zero-order valence-corrected chi connectivity index (χ0v) is 14.5. The van der Waals surface area contributed by atoms with Crippen LogP contribution in [0.3, 0.4) is 0 Å². The number of benzene rings is 1. The van der Waals surface area contributed by atoms with E-state index < -0.39 is 0 Å². The molecule has 128 valence electrons.